The standard InChI is InChI=1S/C19H19NO2/c21-19(20-17-11-12-22-14-17)13-18(15-7-3-1-4-8-15)16-9-5-2-6-10-16/h1-10,13,17H,11-12,14H2,(H,20,21). The maximum absolute atomic E-state index is 12.3. The van der Waals surface area contributed by atoms with Gasteiger partial charge in [0.15, 0.2) is 0 Å². The molecule has 3 heteroatoms. The van der Waals surface area contributed by atoms with E-state index in [0.29, 0.717) is 6.61 Å². The zero-order chi connectivity index (χ0) is 15.2. The van der Waals surface area contributed by atoms with E-state index in [9.17, 15) is 4.79 Å². The monoisotopic (exact) mass is 293 g/mol. The van der Waals surface area contributed by atoms with Crippen molar-refractivity contribution in [2.24, 2.45) is 0 Å². The second-order valence-corrected chi connectivity index (χ2v) is 5.36. The third-order valence-corrected chi connectivity index (χ3v) is 3.72. The molecule has 1 aliphatic heterocycles. The highest BCUT2D eigenvalue weighted by Crippen LogP contribution is 2.23. The number of nitrogens with one attached hydrogen (secondary N) is 1. The normalized spacial score (nSPS) is 17.0. The molecule has 2 aromatic carbocycles. The highest BCUT2D eigenvalue weighted by atomic mass is 16.5. The molecule has 1 amide bonds. The minimum Gasteiger partial charge on any atom is -0.379 e. The average Bonchev–Trinajstić information content (AvgIpc) is 3.07. The Morgan fingerprint density at radius 1 is 1.00 bits per heavy atom. The van der Waals surface area contributed by atoms with Crippen molar-refractivity contribution >= 4 is 11.5 Å². The van der Waals surface area contributed by atoms with Gasteiger partial charge in [-0.15, -0.1) is 0 Å². The first kappa shape index (κ1) is 14.5. The third kappa shape index (κ3) is 3.62. The molecule has 0 aliphatic carbocycles. The van der Waals surface area contributed by atoms with Crippen molar-refractivity contribution in [2.75, 3.05) is 13.2 Å². The van der Waals surface area contributed by atoms with Crippen LogP contribution in [0.1, 0.15) is 17.5 Å². The SMILES string of the molecule is O=C(C=C(c1ccccc1)c1ccccc1)NC1CCOC1. The molecule has 1 fully saturated rings. The van der Waals surface area contributed by atoms with E-state index in [0.717, 1.165) is 29.7 Å². The summed E-state index contributed by atoms with van der Waals surface area (Å²) in [4.78, 5) is 12.3. The van der Waals surface area contributed by atoms with Crippen molar-refractivity contribution < 1.29 is 9.53 Å². The Kier molecular flexibility index (Phi) is 4.66. The Bertz CT molecular complexity index is 602. The summed E-state index contributed by atoms with van der Waals surface area (Å²) in [7, 11) is 0. The molecule has 1 unspecified atom stereocenters. The van der Waals surface area contributed by atoms with Crippen LogP contribution in [0.3, 0.4) is 0 Å². The number of amides is 1. The van der Waals surface area contributed by atoms with Gasteiger partial charge in [-0.05, 0) is 23.1 Å². The molecule has 0 aromatic heterocycles. The van der Waals surface area contributed by atoms with Gasteiger partial charge in [0.05, 0.1) is 12.6 Å². The van der Waals surface area contributed by atoms with Crippen LogP contribution in [0.5, 0.6) is 0 Å². The number of ether oxygens (including phenoxy) is 1. The third-order valence-electron chi connectivity index (χ3n) is 3.72. The van der Waals surface area contributed by atoms with Gasteiger partial charge >= 0.3 is 0 Å². The van der Waals surface area contributed by atoms with Gasteiger partial charge in [0.25, 0.3) is 0 Å². The van der Waals surface area contributed by atoms with Crippen LogP contribution in [-0.2, 0) is 9.53 Å². The van der Waals surface area contributed by atoms with Gasteiger partial charge in [-0.25, -0.2) is 0 Å². The smallest absolute Gasteiger partial charge is 0.244 e. The fourth-order valence-electron chi connectivity index (χ4n) is 2.59. The van der Waals surface area contributed by atoms with Crippen LogP contribution in [0.4, 0.5) is 0 Å². The molecule has 1 N–H and O–H groups in total. The predicted molar refractivity (Wildman–Crippen MR) is 87.3 cm³/mol. The van der Waals surface area contributed by atoms with Crippen molar-refractivity contribution in [3.05, 3.63) is 77.9 Å². The Labute approximate surface area is 130 Å². The fraction of sp³-hybridized carbons (Fsp3) is 0.211. The lowest BCUT2D eigenvalue weighted by Crippen LogP contribution is -2.33. The topological polar surface area (TPSA) is 38.3 Å². The Morgan fingerprint density at radius 3 is 2.09 bits per heavy atom. The highest BCUT2D eigenvalue weighted by molar-refractivity contribution is 5.99. The molecule has 3 nitrogen and oxygen atoms in total. The minimum atomic E-state index is -0.0711. The lowest BCUT2D eigenvalue weighted by Gasteiger charge is -2.11. The van der Waals surface area contributed by atoms with E-state index in [1.54, 1.807) is 6.08 Å². The van der Waals surface area contributed by atoms with Crippen LogP contribution in [0.2, 0.25) is 0 Å². The average molecular weight is 293 g/mol. The van der Waals surface area contributed by atoms with E-state index >= 15 is 0 Å². The summed E-state index contributed by atoms with van der Waals surface area (Å²) in [6.45, 7) is 1.32. The van der Waals surface area contributed by atoms with E-state index in [1.165, 1.54) is 0 Å². The molecule has 0 bridgehead atoms. The van der Waals surface area contributed by atoms with Crippen LogP contribution in [0.25, 0.3) is 5.57 Å². The van der Waals surface area contributed by atoms with Crippen LogP contribution in [0.15, 0.2) is 66.7 Å². The van der Waals surface area contributed by atoms with Gasteiger partial charge in [0.2, 0.25) is 5.91 Å². The number of rotatable bonds is 4. The van der Waals surface area contributed by atoms with E-state index in [-0.39, 0.29) is 11.9 Å². The molecule has 0 radical (unpaired) electrons. The Morgan fingerprint density at radius 2 is 1.59 bits per heavy atom. The molecule has 2 aromatic rings. The van der Waals surface area contributed by atoms with Gasteiger partial charge < -0.3 is 10.1 Å². The molecule has 1 atom stereocenters. The van der Waals surface area contributed by atoms with Crippen LogP contribution < -0.4 is 5.32 Å². The number of hydrogen-bond donors (Lipinski definition) is 1. The molecule has 22 heavy (non-hydrogen) atoms. The van der Waals surface area contributed by atoms with E-state index < -0.39 is 0 Å². The largest absolute Gasteiger partial charge is 0.379 e. The van der Waals surface area contributed by atoms with E-state index in [4.69, 9.17) is 4.74 Å². The highest BCUT2D eigenvalue weighted by Gasteiger charge is 2.17. The molecule has 0 spiro atoms. The summed E-state index contributed by atoms with van der Waals surface area (Å²) >= 11 is 0. The summed E-state index contributed by atoms with van der Waals surface area (Å²) < 4.78 is 5.30. The van der Waals surface area contributed by atoms with Gasteiger partial charge in [-0.3, -0.25) is 4.79 Å². The molecule has 112 valence electrons. The molecule has 1 aliphatic rings. The van der Waals surface area contributed by atoms with E-state index in [2.05, 4.69) is 5.32 Å². The first-order valence-electron chi connectivity index (χ1n) is 7.54. The zero-order valence-electron chi connectivity index (χ0n) is 12.4. The van der Waals surface area contributed by atoms with Gasteiger partial charge in [-0.1, -0.05) is 60.7 Å². The molecule has 1 saturated heterocycles. The molecule has 1 heterocycles. The van der Waals surface area contributed by atoms with Crippen LogP contribution in [-0.4, -0.2) is 25.2 Å². The summed E-state index contributed by atoms with van der Waals surface area (Å²) in [5, 5.41) is 3.01. The number of hydrogen-bond acceptors (Lipinski definition) is 2. The number of carbonyl (C=O) groups excluding carboxylic acids is 1. The minimum absolute atomic E-state index is 0.0711. The Hall–Kier alpha value is -2.39. The fourth-order valence-corrected chi connectivity index (χ4v) is 2.59. The predicted octanol–water partition coefficient (Wildman–Crippen LogP) is 3.02. The van der Waals surface area contributed by atoms with Gasteiger partial charge in [0.1, 0.15) is 0 Å². The maximum atomic E-state index is 12.3. The van der Waals surface area contributed by atoms with E-state index in [1.807, 2.05) is 60.7 Å². The second kappa shape index (κ2) is 7.05. The quantitative estimate of drug-likeness (QED) is 0.880. The van der Waals surface area contributed by atoms with Crippen LogP contribution in [0, 0.1) is 0 Å². The van der Waals surface area contributed by atoms with Crippen molar-refractivity contribution in [3.63, 3.8) is 0 Å². The number of benzene rings is 2. The maximum Gasteiger partial charge on any atom is 0.244 e. The van der Waals surface area contributed by atoms with Crippen molar-refractivity contribution in [2.45, 2.75) is 12.5 Å². The first-order chi connectivity index (χ1) is 10.8. The van der Waals surface area contributed by atoms with Gasteiger partial charge in [-0.2, -0.15) is 0 Å². The Balaban J connectivity index is 1.88. The lowest BCUT2D eigenvalue weighted by atomic mass is 9.97. The van der Waals surface area contributed by atoms with Crippen molar-refractivity contribution in [1.29, 1.82) is 0 Å². The summed E-state index contributed by atoms with van der Waals surface area (Å²) in [5.41, 5.74) is 3.00. The van der Waals surface area contributed by atoms with Gasteiger partial charge in [0, 0.05) is 12.7 Å². The number of carbonyl (C=O) groups is 1. The second-order valence-electron chi connectivity index (χ2n) is 5.36. The van der Waals surface area contributed by atoms with Crippen LogP contribution >= 0.6 is 0 Å². The molecular formula is C19H19NO2. The summed E-state index contributed by atoms with van der Waals surface area (Å²) in [6.07, 6.45) is 2.56. The zero-order valence-corrected chi connectivity index (χ0v) is 12.4. The van der Waals surface area contributed by atoms with Crippen molar-refractivity contribution in [1.82, 2.24) is 5.32 Å². The molecular weight excluding hydrogens is 274 g/mol. The summed E-state index contributed by atoms with van der Waals surface area (Å²) in [6, 6.07) is 20.1. The molecule has 0 saturated carbocycles. The van der Waals surface area contributed by atoms with Crippen molar-refractivity contribution in [3.8, 4) is 0 Å². The first-order valence-corrected chi connectivity index (χ1v) is 7.54. The molecule has 3 rings (SSSR count). The summed E-state index contributed by atoms with van der Waals surface area (Å²) in [5.74, 6) is -0.0711. The lowest BCUT2D eigenvalue weighted by molar-refractivity contribution is -0.117.